The average Bonchev–Trinajstić information content (AvgIpc) is 2.72. The molecular formula is C21H20ClFN4O3. The summed E-state index contributed by atoms with van der Waals surface area (Å²) in [4.78, 5) is 39.6. The van der Waals surface area contributed by atoms with Gasteiger partial charge >= 0.3 is 0 Å². The summed E-state index contributed by atoms with van der Waals surface area (Å²) in [5.41, 5.74) is -1.29. The first-order valence-corrected chi connectivity index (χ1v) is 9.54. The number of halogens is 2. The highest BCUT2D eigenvalue weighted by atomic mass is 35.5. The van der Waals surface area contributed by atoms with Crippen LogP contribution >= 0.6 is 11.6 Å². The molecule has 1 aromatic heterocycles. The number of hydrogen-bond donors (Lipinski definition) is 3. The standard InChI is InChI=1S/C21H20ClFN4O3/c1-21(2,11-26-20(30)12-5-7-13(22)8-6-12)10-25-15-16(18(29)17(15)28)27-14-4-3-9-24-19(14)23/h3-9,25,27H,10-11H2,1-2H3,(H,26,30). The third kappa shape index (κ3) is 4.83. The Morgan fingerprint density at radius 1 is 1.07 bits per heavy atom. The van der Waals surface area contributed by atoms with Crippen LogP contribution in [-0.2, 0) is 0 Å². The minimum Gasteiger partial charge on any atom is -0.379 e. The lowest BCUT2D eigenvalue weighted by Crippen LogP contribution is -2.42. The summed E-state index contributed by atoms with van der Waals surface area (Å²) in [6, 6.07) is 9.45. The van der Waals surface area contributed by atoms with Gasteiger partial charge in [-0.3, -0.25) is 14.4 Å². The molecule has 7 nitrogen and oxygen atoms in total. The second-order valence-corrected chi connectivity index (χ2v) is 8.02. The Hall–Kier alpha value is -3.26. The van der Waals surface area contributed by atoms with E-state index in [9.17, 15) is 18.8 Å². The van der Waals surface area contributed by atoms with Crippen LogP contribution in [0.25, 0.3) is 0 Å². The van der Waals surface area contributed by atoms with Crippen molar-refractivity contribution in [2.75, 3.05) is 23.7 Å². The Balaban J connectivity index is 1.61. The van der Waals surface area contributed by atoms with E-state index in [2.05, 4.69) is 20.9 Å². The summed E-state index contributed by atoms with van der Waals surface area (Å²) in [7, 11) is 0. The molecule has 0 aliphatic carbocycles. The molecule has 3 rings (SSSR count). The molecule has 0 aliphatic rings. The molecule has 0 atom stereocenters. The van der Waals surface area contributed by atoms with Gasteiger partial charge in [0.15, 0.2) is 0 Å². The van der Waals surface area contributed by atoms with E-state index in [-0.39, 0.29) is 23.0 Å². The van der Waals surface area contributed by atoms with Crippen molar-refractivity contribution >= 4 is 34.6 Å². The number of nitrogens with one attached hydrogen (secondary N) is 3. The topological polar surface area (TPSA) is 100 Å². The highest BCUT2D eigenvalue weighted by molar-refractivity contribution is 6.30. The van der Waals surface area contributed by atoms with Crippen LogP contribution in [0.1, 0.15) is 24.2 Å². The predicted octanol–water partition coefficient (Wildman–Crippen LogP) is 3.08. The fourth-order valence-corrected chi connectivity index (χ4v) is 2.83. The second-order valence-electron chi connectivity index (χ2n) is 7.58. The number of nitrogens with zero attached hydrogens (tertiary/aromatic N) is 1. The minimum absolute atomic E-state index is 0.00198. The molecule has 0 fully saturated rings. The molecule has 0 spiro atoms. The number of rotatable bonds is 8. The molecule has 3 N–H and O–H groups in total. The number of aromatic nitrogens is 1. The van der Waals surface area contributed by atoms with Crippen molar-refractivity contribution in [1.29, 1.82) is 0 Å². The summed E-state index contributed by atoms with van der Waals surface area (Å²) in [6.07, 6.45) is 1.28. The zero-order chi connectivity index (χ0) is 21.9. The average molecular weight is 431 g/mol. The maximum Gasteiger partial charge on any atom is 0.253 e. The van der Waals surface area contributed by atoms with Crippen LogP contribution < -0.4 is 26.8 Å². The van der Waals surface area contributed by atoms with Gasteiger partial charge in [0, 0.05) is 29.9 Å². The lowest BCUT2D eigenvalue weighted by atomic mass is 9.93. The summed E-state index contributed by atoms with van der Waals surface area (Å²) < 4.78 is 13.7. The molecule has 0 aliphatic heterocycles. The zero-order valence-electron chi connectivity index (χ0n) is 16.4. The molecule has 156 valence electrons. The smallest absolute Gasteiger partial charge is 0.253 e. The Morgan fingerprint density at radius 2 is 1.73 bits per heavy atom. The molecule has 9 heteroatoms. The van der Waals surface area contributed by atoms with E-state index in [1.807, 2.05) is 13.8 Å². The van der Waals surface area contributed by atoms with Crippen LogP contribution in [-0.4, -0.2) is 24.0 Å². The number of carbonyl (C=O) groups excluding carboxylic acids is 1. The van der Waals surface area contributed by atoms with Gasteiger partial charge in [0.2, 0.25) is 5.95 Å². The third-order valence-electron chi connectivity index (χ3n) is 4.51. The van der Waals surface area contributed by atoms with Gasteiger partial charge in [-0.05, 0) is 41.8 Å². The maximum atomic E-state index is 13.7. The van der Waals surface area contributed by atoms with Crippen molar-refractivity contribution in [2.45, 2.75) is 13.8 Å². The number of pyridine rings is 1. The lowest BCUT2D eigenvalue weighted by Gasteiger charge is -2.27. The molecule has 0 unspecified atom stereocenters. The SMILES string of the molecule is CC(C)(CNC(=O)c1ccc(Cl)cc1)CNc1c(Nc2cccnc2F)c(=O)c1=O. The number of hydrogen-bond acceptors (Lipinski definition) is 6. The molecule has 3 aromatic rings. The van der Waals surface area contributed by atoms with Crippen LogP contribution in [0.4, 0.5) is 21.5 Å². The van der Waals surface area contributed by atoms with E-state index in [1.165, 1.54) is 18.3 Å². The summed E-state index contributed by atoms with van der Waals surface area (Å²) >= 11 is 5.82. The van der Waals surface area contributed by atoms with Gasteiger partial charge in [-0.15, -0.1) is 0 Å². The molecule has 0 saturated carbocycles. The molecule has 1 heterocycles. The molecule has 30 heavy (non-hydrogen) atoms. The lowest BCUT2D eigenvalue weighted by molar-refractivity contribution is 0.0938. The highest BCUT2D eigenvalue weighted by Gasteiger charge is 2.25. The van der Waals surface area contributed by atoms with E-state index in [0.717, 1.165) is 0 Å². The number of benzene rings is 1. The Bertz CT molecular complexity index is 1140. The fraction of sp³-hybridized carbons (Fsp3) is 0.238. The van der Waals surface area contributed by atoms with Gasteiger partial charge in [-0.25, -0.2) is 4.98 Å². The van der Waals surface area contributed by atoms with Crippen LogP contribution in [0.3, 0.4) is 0 Å². The van der Waals surface area contributed by atoms with E-state index in [0.29, 0.717) is 23.7 Å². The van der Waals surface area contributed by atoms with Gasteiger partial charge < -0.3 is 16.0 Å². The van der Waals surface area contributed by atoms with Crippen LogP contribution in [0.15, 0.2) is 52.2 Å². The second kappa shape index (κ2) is 8.62. The monoisotopic (exact) mass is 430 g/mol. The maximum absolute atomic E-state index is 13.7. The molecule has 0 radical (unpaired) electrons. The van der Waals surface area contributed by atoms with Gasteiger partial charge in [0.25, 0.3) is 16.8 Å². The summed E-state index contributed by atoms with van der Waals surface area (Å²) in [5, 5.41) is 8.93. The van der Waals surface area contributed by atoms with E-state index in [1.54, 1.807) is 24.3 Å². The van der Waals surface area contributed by atoms with Crippen molar-refractivity contribution in [2.24, 2.45) is 5.41 Å². The van der Waals surface area contributed by atoms with Crippen molar-refractivity contribution in [3.8, 4) is 0 Å². The molecule has 0 bridgehead atoms. The van der Waals surface area contributed by atoms with Crippen LogP contribution in [0.5, 0.6) is 0 Å². The van der Waals surface area contributed by atoms with E-state index >= 15 is 0 Å². The molecule has 2 aromatic carbocycles. The predicted molar refractivity (Wildman–Crippen MR) is 115 cm³/mol. The first-order chi connectivity index (χ1) is 14.2. The van der Waals surface area contributed by atoms with Crippen molar-refractivity contribution in [3.63, 3.8) is 0 Å². The highest BCUT2D eigenvalue weighted by Crippen LogP contribution is 2.23. The van der Waals surface area contributed by atoms with Gasteiger partial charge in [0.05, 0.1) is 5.69 Å². The van der Waals surface area contributed by atoms with Gasteiger partial charge in [-0.1, -0.05) is 25.4 Å². The number of amides is 1. The number of anilines is 3. The first-order valence-electron chi connectivity index (χ1n) is 9.16. The summed E-state index contributed by atoms with van der Waals surface area (Å²) in [6.45, 7) is 4.39. The Morgan fingerprint density at radius 3 is 2.40 bits per heavy atom. The van der Waals surface area contributed by atoms with Crippen molar-refractivity contribution < 1.29 is 9.18 Å². The van der Waals surface area contributed by atoms with Gasteiger partial charge in [-0.2, -0.15) is 4.39 Å². The quantitative estimate of drug-likeness (QED) is 0.375. The number of carbonyl (C=O) groups is 1. The Kier molecular flexibility index (Phi) is 6.17. The molecule has 1 amide bonds. The first kappa shape index (κ1) is 21.4. The normalized spacial score (nSPS) is 11.3. The fourth-order valence-electron chi connectivity index (χ4n) is 2.71. The van der Waals surface area contributed by atoms with Gasteiger partial charge in [0.1, 0.15) is 11.4 Å². The molecular weight excluding hydrogens is 411 g/mol. The summed E-state index contributed by atoms with van der Waals surface area (Å²) in [5.74, 6) is -1.02. The Labute approximate surface area is 177 Å². The minimum atomic E-state index is -0.776. The van der Waals surface area contributed by atoms with Crippen LogP contribution in [0.2, 0.25) is 5.02 Å². The van der Waals surface area contributed by atoms with E-state index < -0.39 is 22.2 Å². The largest absolute Gasteiger partial charge is 0.379 e. The van der Waals surface area contributed by atoms with Crippen LogP contribution in [0, 0.1) is 11.4 Å². The third-order valence-corrected chi connectivity index (χ3v) is 4.76. The van der Waals surface area contributed by atoms with Crippen molar-refractivity contribution in [3.05, 3.63) is 79.6 Å². The zero-order valence-corrected chi connectivity index (χ0v) is 17.1. The van der Waals surface area contributed by atoms with Crippen molar-refractivity contribution in [1.82, 2.24) is 10.3 Å². The van der Waals surface area contributed by atoms with E-state index in [4.69, 9.17) is 11.6 Å². The molecule has 0 saturated heterocycles.